The number of amides is 3. The number of nitrogens with one attached hydrogen (secondary N) is 1. The number of ether oxygens (including phenoxy) is 1. The summed E-state index contributed by atoms with van der Waals surface area (Å²) in [4.78, 5) is 41.9. The topological polar surface area (TPSA) is 93.5 Å². The predicted molar refractivity (Wildman–Crippen MR) is 111 cm³/mol. The van der Waals surface area contributed by atoms with Gasteiger partial charge in [-0.25, -0.2) is 14.2 Å². The number of benzene rings is 1. The van der Waals surface area contributed by atoms with Crippen molar-refractivity contribution in [3.05, 3.63) is 29.8 Å². The van der Waals surface area contributed by atoms with Crippen LogP contribution >= 0.6 is 0 Å². The summed E-state index contributed by atoms with van der Waals surface area (Å²) in [6, 6.07) is 2.58. The molecule has 2 aliphatic heterocycles. The molecule has 2 aliphatic rings. The lowest BCUT2D eigenvalue weighted by Gasteiger charge is -2.33. The molecule has 1 aromatic carbocycles. The molecule has 0 saturated carbocycles. The third kappa shape index (κ3) is 4.40. The molecule has 4 rings (SSSR count). The molecule has 0 bridgehead atoms. The van der Waals surface area contributed by atoms with Gasteiger partial charge in [-0.15, -0.1) is 0 Å². The quantitative estimate of drug-likeness (QED) is 0.738. The van der Waals surface area contributed by atoms with Crippen LogP contribution in [0.25, 0.3) is 11.0 Å². The van der Waals surface area contributed by atoms with E-state index in [4.69, 9.17) is 4.74 Å². The fraction of sp³-hybridized carbons (Fsp3) is 0.545. The van der Waals surface area contributed by atoms with Crippen LogP contribution in [0, 0.1) is 5.82 Å². The number of hydrogen-bond donors (Lipinski definition) is 1. The lowest BCUT2D eigenvalue weighted by molar-refractivity contribution is -0.135. The summed E-state index contributed by atoms with van der Waals surface area (Å²) in [5, 5.41) is 2.32. The maximum atomic E-state index is 15.1. The summed E-state index contributed by atoms with van der Waals surface area (Å²) in [6.07, 6.45) is 3.06. The molecule has 31 heavy (non-hydrogen) atoms. The second kappa shape index (κ2) is 7.94. The predicted octanol–water partition coefficient (Wildman–Crippen LogP) is 3.27. The van der Waals surface area contributed by atoms with Crippen molar-refractivity contribution in [2.24, 2.45) is 0 Å². The van der Waals surface area contributed by atoms with Crippen molar-refractivity contribution in [3.8, 4) is 0 Å². The first-order valence-corrected chi connectivity index (χ1v) is 10.6. The van der Waals surface area contributed by atoms with Crippen LogP contribution in [0.3, 0.4) is 0 Å². The van der Waals surface area contributed by atoms with Gasteiger partial charge in [-0.1, -0.05) is 0 Å². The standard InChI is InChI=1S/C22H27FN4O4/c1-22(2,3)31-21(30)26-8-6-13(7-9-26)14-10-16-18(11-15(14)23)27(12-24-16)17-4-5-19(28)25-20(17)29/h10-13,17H,4-9H2,1-3H3,(H,25,28,29). The third-order valence-corrected chi connectivity index (χ3v) is 5.83. The molecule has 1 unspecified atom stereocenters. The molecule has 0 spiro atoms. The Hall–Kier alpha value is -2.97. The van der Waals surface area contributed by atoms with Gasteiger partial charge in [-0.3, -0.25) is 14.9 Å². The number of aromatic nitrogens is 2. The van der Waals surface area contributed by atoms with Crippen LogP contribution in [0.1, 0.15) is 64.0 Å². The van der Waals surface area contributed by atoms with Crippen LogP contribution in [0.15, 0.2) is 18.5 Å². The van der Waals surface area contributed by atoms with E-state index in [1.165, 1.54) is 12.4 Å². The average molecular weight is 430 g/mol. The molecule has 3 amide bonds. The molecule has 8 nitrogen and oxygen atoms in total. The fourth-order valence-corrected chi connectivity index (χ4v) is 4.27. The lowest BCUT2D eigenvalue weighted by Crippen LogP contribution is -2.41. The van der Waals surface area contributed by atoms with E-state index < -0.39 is 17.6 Å². The first-order valence-electron chi connectivity index (χ1n) is 10.6. The zero-order valence-corrected chi connectivity index (χ0v) is 18.0. The number of nitrogens with zero attached hydrogens (tertiary/aromatic N) is 3. The summed E-state index contributed by atoms with van der Waals surface area (Å²) < 4.78 is 22.1. The minimum absolute atomic E-state index is 0.0242. The third-order valence-electron chi connectivity index (χ3n) is 5.83. The summed E-state index contributed by atoms with van der Waals surface area (Å²) in [5.41, 5.74) is 1.16. The fourth-order valence-electron chi connectivity index (χ4n) is 4.27. The average Bonchev–Trinajstić information content (AvgIpc) is 3.08. The van der Waals surface area contributed by atoms with Gasteiger partial charge in [-0.2, -0.15) is 0 Å². The molecule has 1 N–H and O–H groups in total. The maximum Gasteiger partial charge on any atom is 0.410 e. The van der Waals surface area contributed by atoms with Crippen molar-refractivity contribution < 1.29 is 23.5 Å². The molecular formula is C22H27FN4O4. The van der Waals surface area contributed by atoms with E-state index in [2.05, 4.69) is 10.3 Å². The number of likely N-dealkylation sites (tertiary alicyclic amines) is 1. The van der Waals surface area contributed by atoms with Gasteiger partial charge >= 0.3 is 6.09 Å². The Morgan fingerprint density at radius 1 is 1.19 bits per heavy atom. The number of rotatable bonds is 2. The zero-order chi connectivity index (χ0) is 22.3. The summed E-state index contributed by atoms with van der Waals surface area (Å²) in [5.74, 6) is -1.06. The zero-order valence-electron chi connectivity index (χ0n) is 18.0. The van der Waals surface area contributed by atoms with E-state index in [1.54, 1.807) is 15.5 Å². The van der Waals surface area contributed by atoms with Gasteiger partial charge in [0.25, 0.3) is 0 Å². The number of hydrogen-bond acceptors (Lipinski definition) is 5. The minimum Gasteiger partial charge on any atom is -0.444 e. The smallest absolute Gasteiger partial charge is 0.410 e. The number of imide groups is 1. The number of carbonyl (C=O) groups excluding carboxylic acids is 3. The minimum atomic E-state index is -0.579. The highest BCUT2D eigenvalue weighted by Crippen LogP contribution is 2.34. The second-order valence-electron chi connectivity index (χ2n) is 9.22. The SMILES string of the molecule is CC(C)(C)OC(=O)N1CCC(c2cc3ncn(C4CCC(=O)NC4=O)c3cc2F)CC1. The van der Waals surface area contributed by atoms with Crippen LogP contribution in [0.2, 0.25) is 0 Å². The second-order valence-corrected chi connectivity index (χ2v) is 9.22. The molecule has 3 heterocycles. The van der Waals surface area contributed by atoms with E-state index in [-0.39, 0.29) is 30.2 Å². The van der Waals surface area contributed by atoms with Gasteiger partial charge in [-0.05, 0) is 57.6 Å². The highest BCUT2D eigenvalue weighted by Gasteiger charge is 2.31. The normalized spacial score (nSPS) is 20.8. The van der Waals surface area contributed by atoms with Gasteiger partial charge < -0.3 is 14.2 Å². The highest BCUT2D eigenvalue weighted by atomic mass is 19.1. The van der Waals surface area contributed by atoms with Crippen molar-refractivity contribution in [2.75, 3.05) is 13.1 Å². The Bertz CT molecular complexity index is 1030. The summed E-state index contributed by atoms with van der Waals surface area (Å²) >= 11 is 0. The number of piperidine rings is 2. The van der Waals surface area contributed by atoms with Crippen LogP contribution in [0.5, 0.6) is 0 Å². The molecule has 0 aliphatic carbocycles. The Morgan fingerprint density at radius 2 is 1.90 bits per heavy atom. The molecule has 2 saturated heterocycles. The van der Waals surface area contributed by atoms with Crippen molar-refractivity contribution in [2.45, 2.75) is 64.0 Å². The van der Waals surface area contributed by atoms with Crippen molar-refractivity contribution in [1.29, 1.82) is 0 Å². The Morgan fingerprint density at radius 3 is 2.55 bits per heavy atom. The molecule has 0 radical (unpaired) electrons. The van der Waals surface area contributed by atoms with E-state index in [1.807, 2.05) is 20.8 Å². The molecule has 2 fully saturated rings. The summed E-state index contributed by atoms with van der Waals surface area (Å²) in [7, 11) is 0. The molecule has 1 atom stereocenters. The first kappa shape index (κ1) is 21.3. The van der Waals surface area contributed by atoms with Crippen LogP contribution < -0.4 is 5.32 Å². The van der Waals surface area contributed by atoms with Crippen molar-refractivity contribution >= 4 is 28.9 Å². The van der Waals surface area contributed by atoms with Crippen molar-refractivity contribution in [3.63, 3.8) is 0 Å². The van der Waals surface area contributed by atoms with E-state index in [0.29, 0.717) is 48.9 Å². The molecule has 2 aromatic rings. The van der Waals surface area contributed by atoms with Gasteiger partial charge in [0.15, 0.2) is 0 Å². The van der Waals surface area contributed by atoms with Gasteiger partial charge in [0.2, 0.25) is 11.8 Å². The number of carbonyl (C=O) groups is 3. The lowest BCUT2D eigenvalue weighted by atomic mass is 9.89. The molecular weight excluding hydrogens is 403 g/mol. The maximum absolute atomic E-state index is 15.1. The largest absolute Gasteiger partial charge is 0.444 e. The van der Waals surface area contributed by atoms with Gasteiger partial charge in [0.05, 0.1) is 17.4 Å². The first-order chi connectivity index (χ1) is 14.6. The van der Waals surface area contributed by atoms with E-state index >= 15 is 4.39 Å². The van der Waals surface area contributed by atoms with Crippen LogP contribution in [0.4, 0.5) is 9.18 Å². The van der Waals surface area contributed by atoms with Crippen LogP contribution in [-0.4, -0.2) is 51.0 Å². The van der Waals surface area contributed by atoms with Gasteiger partial charge in [0, 0.05) is 25.6 Å². The Balaban J connectivity index is 1.50. The molecule has 166 valence electrons. The summed E-state index contributed by atoms with van der Waals surface area (Å²) in [6.45, 7) is 6.49. The van der Waals surface area contributed by atoms with E-state index in [9.17, 15) is 14.4 Å². The Labute approximate surface area is 179 Å². The Kier molecular flexibility index (Phi) is 5.45. The number of imidazole rings is 1. The van der Waals surface area contributed by atoms with Crippen LogP contribution in [-0.2, 0) is 14.3 Å². The highest BCUT2D eigenvalue weighted by molar-refractivity contribution is 6.00. The van der Waals surface area contributed by atoms with Crippen molar-refractivity contribution in [1.82, 2.24) is 19.8 Å². The monoisotopic (exact) mass is 430 g/mol. The van der Waals surface area contributed by atoms with Gasteiger partial charge in [0.1, 0.15) is 17.5 Å². The number of fused-ring (bicyclic) bond motifs is 1. The van der Waals surface area contributed by atoms with E-state index in [0.717, 1.165) is 0 Å². The molecule has 1 aromatic heterocycles. The molecule has 9 heteroatoms. The number of halogens is 1.